The summed E-state index contributed by atoms with van der Waals surface area (Å²) in [7, 11) is 0. The molecular formula is C15H24O. The molecule has 0 saturated heterocycles. The Balaban J connectivity index is 2.46. The van der Waals surface area contributed by atoms with Crippen LogP contribution in [0.3, 0.4) is 0 Å². The first-order valence-electron chi connectivity index (χ1n) is 6.35. The first-order valence-corrected chi connectivity index (χ1v) is 6.35. The van der Waals surface area contributed by atoms with E-state index in [1.807, 2.05) is 6.08 Å². The molecule has 0 bridgehead atoms. The molecule has 16 heavy (non-hydrogen) atoms. The molecule has 1 rings (SSSR count). The molecule has 0 spiro atoms. The fraction of sp³-hybridized carbons (Fsp3) is 0.667. The van der Waals surface area contributed by atoms with Crippen LogP contribution in [0.4, 0.5) is 0 Å². The van der Waals surface area contributed by atoms with Gasteiger partial charge in [0, 0.05) is 5.92 Å². The third-order valence-electron chi connectivity index (χ3n) is 3.47. The van der Waals surface area contributed by atoms with E-state index in [9.17, 15) is 4.79 Å². The van der Waals surface area contributed by atoms with E-state index < -0.39 is 0 Å². The average molecular weight is 220 g/mol. The van der Waals surface area contributed by atoms with Gasteiger partial charge in [-0.25, -0.2) is 0 Å². The van der Waals surface area contributed by atoms with E-state index in [2.05, 4.69) is 33.8 Å². The molecule has 1 aliphatic carbocycles. The van der Waals surface area contributed by atoms with Gasteiger partial charge in [0.2, 0.25) is 0 Å². The van der Waals surface area contributed by atoms with Gasteiger partial charge in [0.25, 0.3) is 0 Å². The molecule has 0 aliphatic heterocycles. The average Bonchev–Trinajstić information content (AvgIpc) is 2.16. The first kappa shape index (κ1) is 13.2. The molecule has 0 aromatic carbocycles. The normalized spacial score (nSPS) is 22.6. The molecule has 0 aromatic rings. The summed E-state index contributed by atoms with van der Waals surface area (Å²) in [6, 6.07) is 0. The van der Waals surface area contributed by atoms with Crippen molar-refractivity contribution in [3.63, 3.8) is 0 Å². The zero-order chi connectivity index (χ0) is 12.1. The molecule has 2 atom stereocenters. The molecule has 0 radical (unpaired) electrons. The lowest BCUT2D eigenvalue weighted by atomic mass is 9.79. The number of carbonyl (C=O) groups excluding carboxylic acids is 1. The van der Waals surface area contributed by atoms with E-state index in [1.54, 1.807) is 0 Å². The van der Waals surface area contributed by atoms with Crippen molar-refractivity contribution in [1.82, 2.24) is 0 Å². The van der Waals surface area contributed by atoms with Gasteiger partial charge in [0.15, 0.2) is 5.78 Å². The number of ketones is 1. The van der Waals surface area contributed by atoms with E-state index in [4.69, 9.17) is 0 Å². The van der Waals surface area contributed by atoms with E-state index in [-0.39, 0.29) is 5.92 Å². The largest absolute Gasteiger partial charge is 0.295 e. The highest BCUT2D eigenvalue weighted by molar-refractivity contribution is 5.93. The van der Waals surface area contributed by atoms with Crippen LogP contribution in [-0.2, 0) is 4.79 Å². The number of carbonyl (C=O) groups is 1. The maximum absolute atomic E-state index is 11.9. The third-order valence-corrected chi connectivity index (χ3v) is 3.47. The maximum Gasteiger partial charge on any atom is 0.158 e. The summed E-state index contributed by atoms with van der Waals surface area (Å²) in [4.78, 5) is 11.9. The molecule has 0 fully saturated rings. The van der Waals surface area contributed by atoms with Crippen LogP contribution in [0.1, 0.15) is 53.4 Å². The van der Waals surface area contributed by atoms with Crippen LogP contribution in [0.5, 0.6) is 0 Å². The van der Waals surface area contributed by atoms with Crippen molar-refractivity contribution in [2.24, 2.45) is 11.8 Å². The summed E-state index contributed by atoms with van der Waals surface area (Å²) < 4.78 is 0. The Morgan fingerprint density at radius 1 is 1.56 bits per heavy atom. The molecule has 0 heterocycles. The summed E-state index contributed by atoms with van der Waals surface area (Å²) in [6.07, 6.45) is 8.52. The quantitative estimate of drug-likeness (QED) is 0.646. The van der Waals surface area contributed by atoms with Crippen LogP contribution in [0.15, 0.2) is 23.3 Å². The van der Waals surface area contributed by atoms with Crippen molar-refractivity contribution in [3.05, 3.63) is 23.3 Å². The monoisotopic (exact) mass is 220 g/mol. The summed E-state index contributed by atoms with van der Waals surface area (Å²) in [5, 5.41) is 0. The number of rotatable bonds is 4. The van der Waals surface area contributed by atoms with Crippen molar-refractivity contribution in [1.29, 1.82) is 0 Å². The summed E-state index contributed by atoms with van der Waals surface area (Å²) in [6.45, 7) is 8.53. The molecule has 0 N–H and O–H groups in total. The van der Waals surface area contributed by atoms with Gasteiger partial charge in [-0.15, -0.1) is 0 Å². The van der Waals surface area contributed by atoms with Crippen molar-refractivity contribution < 1.29 is 4.79 Å². The van der Waals surface area contributed by atoms with Crippen LogP contribution < -0.4 is 0 Å². The van der Waals surface area contributed by atoms with Crippen LogP contribution in [0, 0.1) is 11.8 Å². The topological polar surface area (TPSA) is 17.1 Å². The molecule has 1 heteroatoms. The number of hydrogen-bond acceptors (Lipinski definition) is 1. The van der Waals surface area contributed by atoms with Gasteiger partial charge in [-0.1, -0.05) is 24.1 Å². The second kappa shape index (κ2) is 6.03. The minimum atomic E-state index is 0.272. The highest BCUT2D eigenvalue weighted by Gasteiger charge is 2.25. The molecule has 0 amide bonds. The van der Waals surface area contributed by atoms with E-state index in [0.29, 0.717) is 11.7 Å². The molecule has 1 nitrogen and oxygen atoms in total. The van der Waals surface area contributed by atoms with Gasteiger partial charge in [-0.05, 0) is 58.4 Å². The second-order valence-electron chi connectivity index (χ2n) is 5.37. The Kier molecular flexibility index (Phi) is 4.98. The van der Waals surface area contributed by atoms with Gasteiger partial charge in [-0.2, -0.15) is 0 Å². The Morgan fingerprint density at radius 2 is 2.25 bits per heavy atom. The van der Waals surface area contributed by atoms with Crippen LogP contribution in [0.25, 0.3) is 0 Å². The maximum atomic E-state index is 11.9. The van der Waals surface area contributed by atoms with Crippen LogP contribution >= 0.6 is 0 Å². The van der Waals surface area contributed by atoms with E-state index in [1.165, 1.54) is 11.1 Å². The molecule has 1 aliphatic rings. The standard InChI is InChI=1S/C15H24O/c1-11(2)6-5-7-13(4)14-9-8-12(3)10-15(14)16/h6,10,13-14H,5,7-9H2,1-4H3/t13-,14?/m0/s1. The lowest BCUT2D eigenvalue weighted by Crippen LogP contribution is -2.23. The minimum absolute atomic E-state index is 0.272. The number of allylic oxidation sites excluding steroid dienone is 4. The Labute approximate surface area is 99.6 Å². The lowest BCUT2D eigenvalue weighted by molar-refractivity contribution is -0.120. The summed E-state index contributed by atoms with van der Waals surface area (Å²) >= 11 is 0. The second-order valence-corrected chi connectivity index (χ2v) is 5.37. The summed E-state index contributed by atoms with van der Waals surface area (Å²) in [5.41, 5.74) is 2.62. The Hall–Kier alpha value is -0.850. The van der Waals surface area contributed by atoms with E-state index >= 15 is 0 Å². The Bertz CT molecular complexity index is 305. The predicted molar refractivity (Wildman–Crippen MR) is 69.3 cm³/mol. The Morgan fingerprint density at radius 3 is 2.81 bits per heavy atom. The van der Waals surface area contributed by atoms with Crippen molar-refractivity contribution in [2.45, 2.75) is 53.4 Å². The first-order chi connectivity index (χ1) is 7.50. The zero-order valence-corrected chi connectivity index (χ0v) is 11.0. The molecule has 0 saturated carbocycles. The summed E-state index contributed by atoms with van der Waals surface area (Å²) in [5.74, 6) is 1.15. The van der Waals surface area contributed by atoms with Gasteiger partial charge >= 0.3 is 0 Å². The van der Waals surface area contributed by atoms with Gasteiger partial charge < -0.3 is 0 Å². The fourth-order valence-electron chi connectivity index (χ4n) is 2.35. The zero-order valence-electron chi connectivity index (χ0n) is 11.0. The van der Waals surface area contributed by atoms with Crippen LogP contribution in [-0.4, -0.2) is 5.78 Å². The highest BCUT2D eigenvalue weighted by atomic mass is 16.1. The predicted octanol–water partition coefficient (Wildman–Crippen LogP) is 4.29. The number of hydrogen-bond donors (Lipinski definition) is 0. The van der Waals surface area contributed by atoms with Crippen LogP contribution in [0.2, 0.25) is 0 Å². The van der Waals surface area contributed by atoms with Gasteiger partial charge in [0.1, 0.15) is 0 Å². The molecule has 90 valence electrons. The van der Waals surface area contributed by atoms with Gasteiger partial charge in [-0.3, -0.25) is 4.79 Å². The fourth-order valence-corrected chi connectivity index (χ4v) is 2.35. The minimum Gasteiger partial charge on any atom is -0.295 e. The van der Waals surface area contributed by atoms with Gasteiger partial charge in [0.05, 0.1) is 0 Å². The van der Waals surface area contributed by atoms with Crippen molar-refractivity contribution in [3.8, 4) is 0 Å². The van der Waals surface area contributed by atoms with Crippen molar-refractivity contribution >= 4 is 5.78 Å². The van der Waals surface area contributed by atoms with E-state index in [0.717, 1.165) is 25.7 Å². The highest BCUT2D eigenvalue weighted by Crippen LogP contribution is 2.29. The third kappa shape index (κ3) is 3.96. The lowest BCUT2D eigenvalue weighted by Gasteiger charge is -2.25. The SMILES string of the molecule is CC(C)=CCC[C@H](C)C1CCC(C)=CC1=O. The molecular weight excluding hydrogens is 196 g/mol. The molecule has 1 unspecified atom stereocenters. The van der Waals surface area contributed by atoms with Crippen molar-refractivity contribution in [2.75, 3.05) is 0 Å². The molecule has 0 aromatic heterocycles. The smallest absolute Gasteiger partial charge is 0.158 e.